The van der Waals surface area contributed by atoms with E-state index in [4.69, 9.17) is 0 Å². The van der Waals surface area contributed by atoms with Gasteiger partial charge >= 0.3 is 0 Å². The first-order valence-corrected chi connectivity index (χ1v) is 8.88. The van der Waals surface area contributed by atoms with E-state index in [1.54, 1.807) is 19.1 Å². The van der Waals surface area contributed by atoms with Crippen LogP contribution in [0.4, 0.5) is 5.69 Å². The van der Waals surface area contributed by atoms with E-state index in [0.717, 1.165) is 10.1 Å². The molecule has 0 amide bonds. The molecular weight excluding hydrogens is 330 g/mol. The van der Waals surface area contributed by atoms with Gasteiger partial charge in [0.05, 0.1) is 10.6 Å². The summed E-state index contributed by atoms with van der Waals surface area (Å²) in [5, 5.41) is 2.81. The van der Waals surface area contributed by atoms with Crippen molar-refractivity contribution in [3.8, 4) is 0 Å². The Morgan fingerprint density at radius 1 is 1.17 bits per heavy atom. The highest BCUT2D eigenvalue weighted by Crippen LogP contribution is 2.16. The van der Waals surface area contributed by atoms with Crippen LogP contribution in [0.5, 0.6) is 0 Å². The number of nitrogens with one attached hydrogen (secondary N) is 2. The quantitative estimate of drug-likeness (QED) is 0.741. The van der Waals surface area contributed by atoms with Crippen LogP contribution in [0.1, 0.15) is 24.0 Å². The smallest absolute Gasteiger partial charge is 0.275 e. The Morgan fingerprint density at radius 3 is 2.46 bits per heavy atom. The van der Waals surface area contributed by atoms with Crippen molar-refractivity contribution in [2.75, 3.05) is 4.72 Å². The molecule has 3 aromatic rings. The van der Waals surface area contributed by atoms with E-state index in [0.29, 0.717) is 12.2 Å². The number of rotatable bonds is 4. The van der Waals surface area contributed by atoms with Crippen molar-refractivity contribution in [3.63, 3.8) is 0 Å². The van der Waals surface area contributed by atoms with Crippen LogP contribution in [-0.4, -0.2) is 28.0 Å². The highest BCUT2D eigenvalue weighted by atomic mass is 32.2. The number of aryl methyl sites for hydroxylation is 3. The molecule has 1 aromatic carbocycles. The molecule has 24 heavy (non-hydrogen) atoms. The molecule has 2 N–H and O–H groups in total. The van der Waals surface area contributed by atoms with Crippen molar-refractivity contribution in [3.05, 3.63) is 51.7 Å². The minimum absolute atomic E-state index is 0.0795. The van der Waals surface area contributed by atoms with Gasteiger partial charge in [-0.2, -0.15) is 9.50 Å². The topological polar surface area (TPSA) is 109 Å². The molecule has 126 valence electrons. The average Bonchev–Trinajstić information content (AvgIpc) is 2.95. The van der Waals surface area contributed by atoms with Crippen molar-refractivity contribution in [1.82, 2.24) is 19.6 Å². The molecule has 0 unspecified atom stereocenters. The molecule has 3 rings (SSSR count). The van der Waals surface area contributed by atoms with Gasteiger partial charge < -0.3 is 0 Å². The van der Waals surface area contributed by atoms with Gasteiger partial charge in [0.1, 0.15) is 11.5 Å². The first-order valence-electron chi connectivity index (χ1n) is 7.39. The third-order valence-electron chi connectivity index (χ3n) is 3.62. The highest BCUT2D eigenvalue weighted by Gasteiger charge is 2.20. The minimum Gasteiger partial charge on any atom is -0.275 e. The molecule has 0 saturated carbocycles. The first kappa shape index (κ1) is 16.2. The summed E-state index contributed by atoms with van der Waals surface area (Å²) in [6.07, 6.45) is 0.603. The molecular formula is C15H17N5O3S. The van der Waals surface area contributed by atoms with E-state index in [1.165, 1.54) is 12.1 Å². The molecule has 0 radical (unpaired) electrons. The third-order valence-corrected chi connectivity index (χ3v) is 4.99. The van der Waals surface area contributed by atoms with Gasteiger partial charge in [-0.25, -0.2) is 13.4 Å². The maximum atomic E-state index is 12.6. The lowest BCUT2D eigenvalue weighted by Crippen LogP contribution is -2.25. The summed E-state index contributed by atoms with van der Waals surface area (Å²) in [5.74, 6) is 0.810. The molecule has 0 bridgehead atoms. The fourth-order valence-corrected chi connectivity index (χ4v) is 3.37. The lowest BCUT2D eigenvalue weighted by atomic mass is 10.2. The van der Waals surface area contributed by atoms with Crippen molar-refractivity contribution >= 4 is 21.5 Å². The molecule has 9 heteroatoms. The van der Waals surface area contributed by atoms with Gasteiger partial charge in [-0.3, -0.25) is 14.6 Å². The predicted octanol–water partition coefficient (Wildman–Crippen LogP) is 1.40. The molecule has 0 aliphatic heterocycles. The highest BCUT2D eigenvalue weighted by molar-refractivity contribution is 7.92. The van der Waals surface area contributed by atoms with Crippen LogP contribution in [0, 0.1) is 13.8 Å². The van der Waals surface area contributed by atoms with Crippen LogP contribution in [0.3, 0.4) is 0 Å². The van der Waals surface area contributed by atoms with E-state index in [-0.39, 0.29) is 22.1 Å². The van der Waals surface area contributed by atoms with Gasteiger partial charge in [-0.15, -0.1) is 0 Å². The molecule has 0 spiro atoms. The minimum atomic E-state index is -3.88. The lowest BCUT2D eigenvalue weighted by Gasteiger charge is -2.09. The maximum absolute atomic E-state index is 12.6. The van der Waals surface area contributed by atoms with E-state index >= 15 is 0 Å². The second-order valence-corrected chi connectivity index (χ2v) is 7.14. The lowest BCUT2D eigenvalue weighted by molar-refractivity contribution is 0.601. The largest absolute Gasteiger partial charge is 0.298 e. The predicted molar refractivity (Wildman–Crippen MR) is 89.7 cm³/mol. The standard InChI is InChI=1S/C15H17N5O3S/c1-4-12-17-15-16-10(3)13(14(21)20(15)18-12)19-24(22,23)11-7-5-9(2)6-8-11/h5-8,19H,4H2,1-3H3,(H,16,17,18). The van der Waals surface area contributed by atoms with Crippen LogP contribution in [-0.2, 0) is 16.4 Å². The number of aromatic nitrogens is 4. The number of hydrogen-bond donors (Lipinski definition) is 2. The Balaban J connectivity index is 2.09. The van der Waals surface area contributed by atoms with Crippen molar-refractivity contribution < 1.29 is 8.42 Å². The van der Waals surface area contributed by atoms with E-state index < -0.39 is 15.6 Å². The summed E-state index contributed by atoms with van der Waals surface area (Å²) < 4.78 is 28.5. The Hall–Kier alpha value is -2.68. The summed E-state index contributed by atoms with van der Waals surface area (Å²) in [7, 11) is -3.88. The first-order chi connectivity index (χ1) is 11.3. The summed E-state index contributed by atoms with van der Waals surface area (Å²) >= 11 is 0. The number of benzene rings is 1. The van der Waals surface area contributed by atoms with Crippen LogP contribution in [0.25, 0.3) is 5.78 Å². The monoisotopic (exact) mass is 347 g/mol. The molecule has 0 saturated heterocycles. The fourth-order valence-electron chi connectivity index (χ4n) is 2.25. The normalized spacial score (nSPS) is 11.8. The average molecular weight is 347 g/mol. The molecule has 0 aliphatic carbocycles. The zero-order chi connectivity index (χ0) is 17.5. The maximum Gasteiger partial charge on any atom is 0.298 e. The number of fused-ring (bicyclic) bond motifs is 1. The van der Waals surface area contributed by atoms with Gasteiger partial charge in [-0.1, -0.05) is 24.6 Å². The summed E-state index contributed by atoms with van der Waals surface area (Å²) in [5.41, 5.74) is 0.572. The van der Waals surface area contributed by atoms with Gasteiger partial charge in [0, 0.05) is 6.42 Å². The number of nitrogens with zero attached hydrogens (tertiary/aromatic N) is 3. The Bertz CT molecular complexity index is 1060. The van der Waals surface area contributed by atoms with Gasteiger partial charge in [-0.05, 0) is 26.0 Å². The molecule has 2 aromatic heterocycles. The van der Waals surface area contributed by atoms with Crippen molar-refractivity contribution in [2.45, 2.75) is 32.1 Å². The summed E-state index contributed by atoms with van der Waals surface area (Å²) in [6, 6.07) is 6.36. The summed E-state index contributed by atoms with van der Waals surface area (Å²) in [4.78, 5) is 21.0. The van der Waals surface area contributed by atoms with E-state index in [1.807, 2.05) is 13.8 Å². The molecule has 0 aliphatic rings. The zero-order valence-electron chi connectivity index (χ0n) is 13.5. The number of hydrogen-bond acceptors (Lipinski definition) is 5. The number of anilines is 1. The fraction of sp³-hybridized carbons (Fsp3) is 0.267. The van der Waals surface area contributed by atoms with Crippen LogP contribution >= 0.6 is 0 Å². The van der Waals surface area contributed by atoms with E-state index in [9.17, 15) is 13.2 Å². The zero-order valence-corrected chi connectivity index (χ0v) is 14.3. The second kappa shape index (κ2) is 5.75. The van der Waals surface area contributed by atoms with Gasteiger partial charge in [0.2, 0.25) is 0 Å². The van der Waals surface area contributed by atoms with Gasteiger partial charge in [0.25, 0.3) is 21.4 Å². The Kier molecular flexibility index (Phi) is 3.88. The van der Waals surface area contributed by atoms with Crippen LogP contribution < -0.4 is 10.3 Å². The third kappa shape index (κ3) is 2.78. The second-order valence-electron chi connectivity index (χ2n) is 5.46. The Morgan fingerprint density at radius 2 is 1.83 bits per heavy atom. The van der Waals surface area contributed by atoms with E-state index in [2.05, 4.69) is 19.8 Å². The van der Waals surface area contributed by atoms with Gasteiger partial charge in [0.15, 0.2) is 0 Å². The molecule has 8 nitrogen and oxygen atoms in total. The number of aromatic amines is 1. The Labute approximate surface area is 138 Å². The van der Waals surface area contributed by atoms with Crippen molar-refractivity contribution in [1.29, 1.82) is 0 Å². The molecule has 0 fully saturated rings. The molecule has 2 heterocycles. The summed E-state index contributed by atoms with van der Waals surface area (Å²) in [6.45, 7) is 5.31. The number of sulfonamides is 1. The van der Waals surface area contributed by atoms with Crippen LogP contribution in [0.2, 0.25) is 0 Å². The van der Waals surface area contributed by atoms with Crippen molar-refractivity contribution in [2.24, 2.45) is 0 Å². The molecule has 0 atom stereocenters. The van der Waals surface area contributed by atoms with Crippen LogP contribution in [0.15, 0.2) is 34.0 Å². The number of H-pyrrole nitrogens is 1. The SMILES string of the molecule is CCc1nc2nc(C)c(NS(=O)(=O)c3ccc(C)cc3)c(=O)n2[nH]1.